The highest BCUT2D eigenvalue weighted by atomic mass is 15.1. The molecule has 1 unspecified atom stereocenters. The van der Waals surface area contributed by atoms with Gasteiger partial charge in [-0.3, -0.25) is 9.88 Å². The average molecular weight is 263 g/mol. The molecule has 0 amide bonds. The lowest BCUT2D eigenvalue weighted by Crippen LogP contribution is -2.41. The van der Waals surface area contributed by atoms with Crippen molar-refractivity contribution in [1.29, 1.82) is 0 Å². The third-order valence-corrected chi connectivity index (χ3v) is 3.82. The topological polar surface area (TPSA) is 28.2 Å². The number of pyridine rings is 1. The fraction of sp³-hybridized carbons (Fsp3) is 0.688. The van der Waals surface area contributed by atoms with Crippen molar-refractivity contribution in [2.24, 2.45) is 5.41 Å². The van der Waals surface area contributed by atoms with Crippen LogP contribution in [0.2, 0.25) is 0 Å². The quantitative estimate of drug-likeness (QED) is 0.742. The highest BCUT2D eigenvalue weighted by Crippen LogP contribution is 2.22. The van der Waals surface area contributed by atoms with Crippen molar-refractivity contribution in [1.82, 2.24) is 15.2 Å². The molecular formula is C16H29N3. The molecule has 0 fully saturated rings. The standard InChI is InChI=1S/C16H29N3/c1-5-16(4,13-17-6-2)14-19(7-3)12-15-10-8-9-11-18-15/h8-11,17H,5-7,12-14H2,1-4H3. The van der Waals surface area contributed by atoms with Crippen molar-refractivity contribution < 1.29 is 0 Å². The highest BCUT2D eigenvalue weighted by Gasteiger charge is 2.24. The summed E-state index contributed by atoms with van der Waals surface area (Å²) in [5.74, 6) is 0. The number of nitrogens with one attached hydrogen (secondary N) is 1. The van der Waals surface area contributed by atoms with E-state index >= 15 is 0 Å². The average Bonchev–Trinajstić information content (AvgIpc) is 2.45. The Hall–Kier alpha value is -0.930. The van der Waals surface area contributed by atoms with Crippen molar-refractivity contribution in [2.75, 3.05) is 26.2 Å². The van der Waals surface area contributed by atoms with Crippen molar-refractivity contribution in [3.63, 3.8) is 0 Å². The third kappa shape index (κ3) is 5.70. The van der Waals surface area contributed by atoms with Crippen molar-refractivity contribution >= 4 is 0 Å². The van der Waals surface area contributed by atoms with Gasteiger partial charge < -0.3 is 5.32 Å². The maximum atomic E-state index is 4.43. The second-order valence-corrected chi connectivity index (χ2v) is 5.57. The molecule has 1 N–H and O–H groups in total. The summed E-state index contributed by atoms with van der Waals surface area (Å²) in [5.41, 5.74) is 1.49. The molecule has 19 heavy (non-hydrogen) atoms. The normalized spacial score (nSPS) is 14.6. The van der Waals surface area contributed by atoms with Crippen LogP contribution in [0.1, 0.15) is 39.8 Å². The van der Waals surface area contributed by atoms with E-state index in [1.54, 1.807) is 0 Å². The van der Waals surface area contributed by atoms with Crippen LogP contribution in [0.5, 0.6) is 0 Å². The molecule has 0 aromatic carbocycles. The molecule has 3 nitrogen and oxygen atoms in total. The second-order valence-electron chi connectivity index (χ2n) is 5.57. The Kier molecular flexibility index (Phi) is 7.03. The first-order chi connectivity index (χ1) is 9.13. The summed E-state index contributed by atoms with van der Waals surface area (Å²) in [4.78, 5) is 6.92. The summed E-state index contributed by atoms with van der Waals surface area (Å²) in [6, 6.07) is 6.14. The molecule has 0 spiro atoms. The first-order valence-electron chi connectivity index (χ1n) is 7.46. The minimum absolute atomic E-state index is 0.334. The minimum atomic E-state index is 0.334. The number of rotatable bonds is 9. The van der Waals surface area contributed by atoms with Crippen molar-refractivity contribution in [3.05, 3.63) is 30.1 Å². The van der Waals surface area contributed by atoms with Gasteiger partial charge in [-0.2, -0.15) is 0 Å². The van der Waals surface area contributed by atoms with E-state index in [1.165, 1.54) is 6.42 Å². The van der Waals surface area contributed by atoms with Crippen LogP contribution in [-0.2, 0) is 6.54 Å². The molecule has 3 heteroatoms. The first kappa shape index (κ1) is 16.1. The molecule has 0 aliphatic heterocycles. The van der Waals surface area contributed by atoms with Gasteiger partial charge in [-0.05, 0) is 37.1 Å². The van der Waals surface area contributed by atoms with Gasteiger partial charge in [0.05, 0.1) is 5.69 Å². The van der Waals surface area contributed by atoms with Gasteiger partial charge in [0.25, 0.3) is 0 Å². The van der Waals surface area contributed by atoms with Gasteiger partial charge in [-0.1, -0.05) is 33.8 Å². The van der Waals surface area contributed by atoms with E-state index in [9.17, 15) is 0 Å². The Bertz CT molecular complexity index is 339. The van der Waals surface area contributed by atoms with Gasteiger partial charge in [-0.15, -0.1) is 0 Å². The minimum Gasteiger partial charge on any atom is -0.316 e. The van der Waals surface area contributed by atoms with Crippen LogP contribution >= 0.6 is 0 Å². The Morgan fingerprint density at radius 3 is 2.58 bits per heavy atom. The molecule has 0 aliphatic carbocycles. The largest absolute Gasteiger partial charge is 0.316 e. The molecule has 1 aromatic rings. The van der Waals surface area contributed by atoms with Crippen molar-refractivity contribution in [2.45, 2.75) is 40.7 Å². The van der Waals surface area contributed by atoms with Gasteiger partial charge in [0.15, 0.2) is 0 Å². The van der Waals surface area contributed by atoms with E-state index < -0.39 is 0 Å². The van der Waals surface area contributed by atoms with Crippen LogP contribution in [0.25, 0.3) is 0 Å². The van der Waals surface area contributed by atoms with Gasteiger partial charge in [0, 0.05) is 25.8 Å². The Balaban J connectivity index is 2.59. The molecule has 1 heterocycles. The van der Waals surface area contributed by atoms with E-state index in [4.69, 9.17) is 0 Å². The smallest absolute Gasteiger partial charge is 0.0543 e. The maximum Gasteiger partial charge on any atom is 0.0543 e. The second kappa shape index (κ2) is 8.28. The molecule has 1 atom stereocenters. The lowest BCUT2D eigenvalue weighted by Gasteiger charge is -2.34. The molecule has 0 radical (unpaired) electrons. The highest BCUT2D eigenvalue weighted by molar-refractivity contribution is 5.03. The summed E-state index contributed by atoms with van der Waals surface area (Å²) in [6.07, 6.45) is 3.07. The Morgan fingerprint density at radius 1 is 1.26 bits per heavy atom. The summed E-state index contributed by atoms with van der Waals surface area (Å²) < 4.78 is 0. The number of hydrogen-bond acceptors (Lipinski definition) is 3. The van der Waals surface area contributed by atoms with Crippen molar-refractivity contribution in [3.8, 4) is 0 Å². The lowest BCUT2D eigenvalue weighted by atomic mass is 9.86. The fourth-order valence-corrected chi connectivity index (χ4v) is 2.26. The van der Waals surface area contributed by atoms with Crippen LogP contribution < -0.4 is 5.32 Å². The molecule has 1 aromatic heterocycles. The molecule has 0 aliphatic rings. The summed E-state index contributed by atoms with van der Waals surface area (Å²) >= 11 is 0. The van der Waals surface area contributed by atoms with E-state index in [-0.39, 0.29) is 0 Å². The van der Waals surface area contributed by atoms with E-state index in [0.29, 0.717) is 5.41 Å². The van der Waals surface area contributed by atoms with Crippen LogP contribution in [0, 0.1) is 5.41 Å². The van der Waals surface area contributed by atoms with E-state index in [2.05, 4.69) is 55.0 Å². The predicted molar refractivity (Wildman–Crippen MR) is 82.1 cm³/mol. The third-order valence-electron chi connectivity index (χ3n) is 3.82. The van der Waals surface area contributed by atoms with E-state index in [0.717, 1.165) is 38.4 Å². The first-order valence-corrected chi connectivity index (χ1v) is 7.46. The lowest BCUT2D eigenvalue weighted by molar-refractivity contribution is 0.154. The van der Waals surface area contributed by atoms with Gasteiger partial charge >= 0.3 is 0 Å². The van der Waals surface area contributed by atoms with Gasteiger partial charge in [-0.25, -0.2) is 0 Å². The number of aromatic nitrogens is 1. The van der Waals surface area contributed by atoms with Crippen LogP contribution in [0.3, 0.4) is 0 Å². The molecular weight excluding hydrogens is 234 g/mol. The molecule has 108 valence electrons. The fourth-order valence-electron chi connectivity index (χ4n) is 2.26. The zero-order valence-electron chi connectivity index (χ0n) is 12.9. The zero-order chi connectivity index (χ0) is 14.1. The monoisotopic (exact) mass is 263 g/mol. The summed E-state index contributed by atoms with van der Waals surface area (Å²) in [6.45, 7) is 14.3. The molecule has 0 saturated heterocycles. The Labute approximate surface area is 118 Å². The zero-order valence-corrected chi connectivity index (χ0v) is 12.9. The summed E-state index contributed by atoms with van der Waals surface area (Å²) in [7, 11) is 0. The molecule has 1 rings (SSSR count). The van der Waals surface area contributed by atoms with Gasteiger partial charge in [0.2, 0.25) is 0 Å². The summed E-state index contributed by atoms with van der Waals surface area (Å²) in [5, 5.41) is 3.49. The predicted octanol–water partition coefficient (Wildman–Crippen LogP) is 2.93. The van der Waals surface area contributed by atoms with Crippen LogP contribution in [0.4, 0.5) is 0 Å². The Morgan fingerprint density at radius 2 is 2.05 bits per heavy atom. The van der Waals surface area contributed by atoms with E-state index in [1.807, 2.05) is 12.3 Å². The van der Waals surface area contributed by atoms with Gasteiger partial charge in [0.1, 0.15) is 0 Å². The number of nitrogens with zero attached hydrogens (tertiary/aromatic N) is 2. The van der Waals surface area contributed by atoms with Crippen LogP contribution in [-0.4, -0.2) is 36.1 Å². The molecule has 0 saturated carbocycles. The number of hydrogen-bond donors (Lipinski definition) is 1. The molecule has 0 bridgehead atoms. The van der Waals surface area contributed by atoms with Crippen LogP contribution in [0.15, 0.2) is 24.4 Å². The SMILES string of the molecule is CCNCC(C)(CC)CN(CC)Cc1ccccn1. The maximum absolute atomic E-state index is 4.43.